The minimum atomic E-state index is -0.772. The van der Waals surface area contributed by atoms with Crippen LogP contribution in [0.5, 0.6) is 0 Å². The fourth-order valence-electron chi connectivity index (χ4n) is 4.58. The Balaban J connectivity index is 1.47. The number of hydrogen-bond acceptors (Lipinski definition) is 2. The molecule has 0 spiro atoms. The van der Waals surface area contributed by atoms with Crippen LogP contribution in [0.25, 0.3) is 0 Å². The Labute approximate surface area is 148 Å². The average Bonchev–Trinajstić information content (AvgIpc) is 2.65. The lowest BCUT2D eigenvalue weighted by Gasteiger charge is -2.37. The predicted molar refractivity (Wildman–Crippen MR) is 93.1 cm³/mol. The molecule has 0 radical (unpaired) electrons. The van der Waals surface area contributed by atoms with Gasteiger partial charge < -0.3 is 4.74 Å². The van der Waals surface area contributed by atoms with Crippen LogP contribution in [0.1, 0.15) is 62.8 Å². The van der Waals surface area contributed by atoms with Gasteiger partial charge in [-0.15, -0.1) is 0 Å². The van der Waals surface area contributed by atoms with E-state index in [4.69, 9.17) is 4.74 Å². The molecule has 0 N–H and O–H groups in total. The van der Waals surface area contributed by atoms with Gasteiger partial charge in [-0.1, -0.05) is 12.6 Å². The molecule has 2 aliphatic carbocycles. The van der Waals surface area contributed by atoms with E-state index in [0.717, 1.165) is 56.9 Å². The van der Waals surface area contributed by atoms with Crippen molar-refractivity contribution in [2.45, 2.75) is 63.4 Å². The Morgan fingerprint density at radius 3 is 2.12 bits per heavy atom. The molecule has 0 bridgehead atoms. The highest BCUT2D eigenvalue weighted by Crippen LogP contribution is 2.43. The lowest BCUT2D eigenvalue weighted by Crippen LogP contribution is -2.29. The van der Waals surface area contributed by atoms with E-state index in [9.17, 15) is 13.6 Å². The van der Waals surface area contributed by atoms with E-state index in [-0.39, 0.29) is 12.1 Å². The maximum Gasteiger partial charge on any atom is 0.330 e. The first kappa shape index (κ1) is 18.1. The summed E-state index contributed by atoms with van der Waals surface area (Å²) in [5, 5.41) is 0. The topological polar surface area (TPSA) is 26.3 Å². The van der Waals surface area contributed by atoms with Gasteiger partial charge in [0.05, 0.1) is 0 Å². The number of ether oxygens (including phenoxy) is 1. The Morgan fingerprint density at radius 1 is 0.960 bits per heavy atom. The van der Waals surface area contributed by atoms with Gasteiger partial charge in [-0.3, -0.25) is 0 Å². The molecule has 0 aliphatic heterocycles. The van der Waals surface area contributed by atoms with Crippen LogP contribution in [0.2, 0.25) is 0 Å². The molecule has 2 nitrogen and oxygen atoms in total. The Kier molecular flexibility index (Phi) is 5.87. The van der Waals surface area contributed by atoms with Gasteiger partial charge in [0.15, 0.2) is 11.6 Å². The SMILES string of the molecule is C=CC(=O)OC1CCC(C2CCC(c3ccc(F)c(F)c3)CC2)CC1. The fraction of sp³-hybridized carbons (Fsp3) is 0.571. The minimum Gasteiger partial charge on any atom is -0.459 e. The van der Waals surface area contributed by atoms with Crippen molar-refractivity contribution in [3.8, 4) is 0 Å². The Morgan fingerprint density at radius 2 is 1.56 bits per heavy atom. The molecule has 0 atom stereocenters. The normalized spacial score (nSPS) is 29.8. The van der Waals surface area contributed by atoms with Crippen LogP contribution in [0, 0.1) is 23.5 Å². The minimum absolute atomic E-state index is 0.0419. The van der Waals surface area contributed by atoms with Crippen molar-refractivity contribution in [1.82, 2.24) is 0 Å². The smallest absolute Gasteiger partial charge is 0.330 e. The lowest BCUT2D eigenvalue weighted by atomic mass is 9.69. The van der Waals surface area contributed by atoms with Crippen molar-refractivity contribution in [3.63, 3.8) is 0 Å². The van der Waals surface area contributed by atoms with Crippen LogP contribution in [-0.2, 0) is 9.53 Å². The first-order chi connectivity index (χ1) is 12.1. The molecule has 0 heterocycles. The first-order valence-electron chi connectivity index (χ1n) is 9.34. The maximum absolute atomic E-state index is 13.4. The molecular formula is C21H26F2O2. The van der Waals surface area contributed by atoms with E-state index in [1.54, 1.807) is 6.07 Å². The van der Waals surface area contributed by atoms with Gasteiger partial charge >= 0.3 is 5.97 Å². The number of esters is 1. The Bertz CT molecular complexity index is 612. The first-order valence-corrected chi connectivity index (χ1v) is 9.34. The van der Waals surface area contributed by atoms with Crippen molar-refractivity contribution in [3.05, 3.63) is 48.1 Å². The van der Waals surface area contributed by atoms with Gasteiger partial charge in [0, 0.05) is 6.08 Å². The standard InChI is InChI=1S/C21H26F2O2/c1-2-21(24)25-18-10-7-15(8-11-18)14-3-5-16(6-4-14)17-9-12-19(22)20(23)13-17/h2,9,12-16,18H,1,3-8,10-11H2. The van der Waals surface area contributed by atoms with Crippen LogP contribution >= 0.6 is 0 Å². The molecule has 2 saturated carbocycles. The highest BCUT2D eigenvalue weighted by Gasteiger charge is 2.32. The number of rotatable bonds is 4. The maximum atomic E-state index is 13.4. The third kappa shape index (κ3) is 4.47. The fourth-order valence-corrected chi connectivity index (χ4v) is 4.58. The summed E-state index contributed by atoms with van der Waals surface area (Å²) >= 11 is 0. The zero-order valence-electron chi connectivity index (χ0n) is 14.6. The monoisotopic (exact) mass is 348 g/mol. The molecule has 2 fully saturated rings. The van der Waals surface area contributed by atoms with E-state index < -0.39 is 11.6 Å². The van der Waals surface area contributed by atoms with Crippen LogP contribution < -0.4 is 0 Å². The summed E-state index contributed by atoms with van der Waals surface area (Å²) in [7, 11) is 0. The molecule has 1 aromatic rings. The van der Waals surface area contributed by atoms with E-state index >= 15 is 0 Å². The third-order valence-corrected chi connectivity index (χ3v) is 6.02. The molecule has 3 rings (SSSR count). The predicted octanol–water partition coefficient (Wildman–Crippen LogP) is 5.53. The van der Waals surface area contributed by atoms with Gasteiger partial charge in [0.25, 0.3) is 0 Å². The van der Waals surface area contributed by atoms with E-state index in [1.165, 1.54) is 18.2 Å². The summed E-state index contributed by atoms with van der Waals surface area (Å²) in [4.78, 5) is 11.3. The zero-order chi connectivity index (χ0) is 17.8. The number of halogens is 2. The summed E-state index contributed by atoms with van der Waals surface area (Å²) in [6, 6.07) is 4.32. The molecule has 0 unspecified atom stereocenters. The van der Waals surface area contributed by atoms with E-state index in [0.29, 0.717) is 17.8 Å². The van der Waals surface area contributed by atoms with Crippen LogP contribution in [0.3, 0.4) is 0 Å². The van der Waals surface area contributed by atoms with Crippen LogP contribution in [0.15, 0.2) is 30.9 Å². The molecule has 1 aromatic carbocycles. The number of hydrogen-bond donors (Lipinski definition) is 0. The van der Waals surface area contributed by atoms with Crippen molar-refractivity contribution in [2.75, 3.05) is 0 Å². The Hall–Kier alpha value is -1.71. The summed E-state index contributed by atoms with van der Waals surface area (Å²) in [5.74, 6) is -0.0905. The van der Waals surface area contributed by atoms with E-state index in [2.05, 4.69) is 6.58 Å². The third-order valence-electron chi connectivity index (χ3n) is 6.02. The summed E-state index contributed by atoms with van der Waals surface area (Å²) in [6.07, 6.45) is 9.73. The molecule has 0 amide bonds. The summed E-state index contributed by atoms with van der Waals surface area (Å²) in [6.45, 7) is 3.44. The molecule has 136 valence electrons. The van der Waals surface area contributed by atoms with Gasteiger partial charge in [-0.25, -0.2) is 13.6 Å². The number of benzene rings is 1. The van der Waals surface area contributed by atoms with E-state index in [1.807, 2.05) is 0 Å². The van der Waals surface area contributed by atoms with Crippen molar-refractivity contribution in [2.24, 2.45) is 11.8 Å². The highest BCUT2D eigenvalue weighted by atomic mass is 19.2. The molecular weight excluding hydrogens is 322 g/mol. The second kappa shape index (κ2) is 8.11. The van der Waals surface area contributed by atoms with Crippen molar-refractivity contribution in [1.29, 1.82) is 0 Å². The lowest BCUT2D eigenvalue weighted by molar-refractivity contribution is -0.145. The van der Waals surface area contributed by atoms with Crippen molar-refractivity contribution < 1.29 is 18.3 Å². The molecule has 2 aliphatic rings. The number of carbonyl (C=O) groups excluding carboxylic acids is 1. The van der Waals surface area contributed by atoms with Crippen molar-refractivity contribution >= 4 is 5.97 Å². The van der Waals surface area contributed by atoms with Gasteiger partial charge in [0.1, 0.15) is 6.10 Å². The van der Waals surface area contributed by atoms with Gasteiger partial charge in [-0.2, -0.15) is 0 Å². The summed E-state index contributed by atoms with van der Waals surface area (Å²) < 4.78 is 31.9. The molecule has 25 heavy (non-hydrogen) atoms. The van der Waals surface area contributed by atoms with Crippen LogP contribution in [-0.4, -0.2) is 12.1 Å². The van der Waals surface area contributed by atoms with Crippen LogP contribution in [0.4, 0.5) is 8.78 Å². The summed E-state index contributed by atoms with van der Waals surface area (Å²) in [5.41, 5.74) is 0.928. The largest absolute Gasteiger partial charge is 0.459 e. The molecule has 0 saturated heterocycles. The van der Waals surface area contributed by atoms with Gasteiger partial charge in [0.2, 0.25) is 0 Å². The van der Waals surface area contributed by atoms with Gasteiger partial charge in [-0.05, 0) is 86.8 Å². The number of carbonyl (C=O) groups is 1. The second-order valence-electron chi connectivity index (χ2n) is 7.46. The molecule has 0 aromatic heterocycles. The molecule has 4 heteroatoms. The second-order valence-corrected chi connectivity index (χ2v) is 7.46. The quantitative estimate of drug-likeness (QED) is 0.528. The average molecular weight is 348 g/mol. The highest BCUT2D eigenvalue weighted by molar-refractivity contribution is 5.81. The zero-order valence-corrected chi connectivity index (χ0v) is 14.6.